The van der Waals surface area contributed by atoms with Crippen molar-refractivity contribution in [2.75, 3.05) is 0 Å². The highest BCUT2D eigenvalue weighted by Crippen LogP contribution is 2.36. The van der Waals surface area contributed by atoms with Gasteiger partial charge in [0, 0.05) is 12.3 Å². The van der Waals surface area contributed by atoms with Crippen LogP contribution in [-0.4, -0.2) is 34.6 Å². The van der Waals surface area contributed by atoms with Gasteiger partial charge >= 0.3 is 0 Å². The molecule has 0 amide bonds. The fourth-order valence-corrected chi connectivity index (χ4v) is 10.6. The highest BCUT2D eigenvalue weighted by molar-refractivity contribution is 6.74. The Morgan fingerprint density at radius 1 is 0.935 bits per heavy atom. The summed E-state index contributed by atoms with van der Waals surface area (Å²) in [5.74, 6) is 0.177. The summed E-state index contributed by atoms with van der Waals surface area (Å²) in [6.07, 6.45) is 9.79. The van der Waals surface area contributed by atoms with Crippen molar-refractivity contribution in [2.24, 2.45) is 5.92 Å². The van der Waals surface area contributed by atoms with Crippen molar-refractivity contribution < 1.29 is 13.6 Å². The molecule has 0 aromatic rings. The van der Waals surface area contributed by atoms with Gasteiger partial charge in [0.05, 0.1) is 12.2 Å². The van der Waals surface area contributed by atoms with Crippen molar-refractivity contribution >= 4 is 22.4 Å². The van der Waals surface area contributed by atoms with Crippen LogP contribution in [0.25, 0.3) is 0 Å². The van der Waals surface area contributed by atoms with Crippen molar-refractivity contribution in [3.8, 4) is 0 Å². The van der Waals surface area contributed by atoms with Gasteiger partial charge in [0.25, 0.3) is 0 Å². The number of hydrogen-bond donors (Lipinski definition) is 0. The lowest BCUT2D eigenvalue weighted by molar-refractivity contribution is -0.115. The van der Waals surface area contributed by atoms with Gasteiger partial charge in [-0.3, -0.25) is 4.79 Å². The molecule has 0 radical (unpaired) electrons. The van der Waals surface area contributed by atoms with Crippen molar-refractivity contribution in [1.29, 1.82) is 0 Å². The molecule has 1 saturated carbocycles. The summed E-state index contributed by atoms with van der Waals surface area (Å²) in [4.78, 5) is 12.5. The first-order valence-electron chi connectivity index (χ1n) is 13.1. The van der Waals surface area contributed by atoms with Gasteiger partial charge < -0.3 is 8.85 Å². The monoisotopic (exact) mass is 466 g/mol. The van der Waals surface area contributed by atoms with Gasteiger partial charge in [-0.15, -0.1) is 0 Å². The summed E-state index contributed by atoms with van der Waals surface area (Å²) in [6.45, 7) is 20.0. The number of carbonyl (C=O) groups excluding carboxylic acids is 1. The molecule has 1 aliphatic carbocycles. The van der Waals surface area contributed by atoms with E-state index in [-0.39, 0.29) is 23.9 Å². The van der Waals surface area contributed by atoms with Gasteiger partial charge in [0.1, 0.15) is 0 Å². The van der Waals surface area contributed by atoms with Crippen LogP contribution in [0.4, 0.5) is 0 Å². The molecule has 1 fully saturated rings. The Balaban J connectivity index is 3.07. The summed E-state index contributed by atoms with van der Waals surface area (Å²) >= 11 is 0. The van der Waals surface area contributed by atoms with Crippen molar-refractivity contribution in [3.63, 3.8) is 0 Å². The van der Waals surface area contributed by atoms with E-state index >= 15 is 0 Å². The molecule has 5 heteroatoms. The maximum atomic E-state index is 12.5. The fraction of sp³-hybridized carbons (Fsp3) is 0.808. The molecular formula is C26H50O3Si2. The van der Waals surface area contributed by atoms with Crippen LogP contribution in [0, 0.1) is 5.92 Å². The lowest BCUT2D eigenvalue weighted by atomic mass is 10.00. The van der Waals surface area contributed by atoms with E-state index in [0.717, 1.165) is 48.3 Å². The third-order valence-electron chi connectivity index (χ3n) is 7.84. The molecule has 0 heterocycles. The minimum atomic E-state index is -1.77. The summed E-state index contributed by atoms with van der Waals surface area (Å²) in [7, 11) is -3.46. The Hall–Kier alpha value is -0.496. The SMILES string of the molecule is C=C1C(=O)C[C@@H](O[Si](CC)(CC)CC)[C@@H]1/C=C/[C@H](CCCCC)O[Si](CC)(CC)CC. The first kappa shape index (κ1) is 28.5. The largest absolute Gasteiger partial charge is 0.413 e. The van der Waals surface area contributed by atoms with Gasteiger partial charge in [-0.05, 0) is 48.3 Å². The molecular weight excluding hydrogens is 416 g/mol. The van der Waals surface area contributed by atoms with E-state index in [1.54, 1.807) is 0 Å². The molecule has 0 spiro atoms. The topological polar surface area (TPSA) is 35.5 Å². The number of hydrogen-bond acceptors (Lipinski definition) is 3. The first-order valence-corrected chi connectivity index (χ1v) is 18.1. The molecule has 1 rings (SSSR count). The summed E-state index contributed by atoms with van der Waals surface area (Å²) < 4.78 is 13.6. The number of unbranched alkanes of at least 4 members (excludes halogenated alkanes) is 2. The highest BCUT2D eigenvalue weighted by atomic mass is 28.4. The normalized spacial score (nSPS) is 21.4. The van der Waals surface area contributed by atoms with E-state index in [4.69, 9.17) is 8.85 Å². The minimum absolute atomic E-state index is 0.00208. The van der Waals surface area contributed by atoms with Gasteiger partial charge in [-0.25, -0.2) is 0 Å². The van der Waals surface area contributed by atoms with Gasteiger partial charge in [0.2, 0.25) is 0 Å². The molecule has 0 N–H and O–H groups in total. The average Bonchev–Trinajstić information content (AvgIpc) is 3.06. The minimum Gasteiger partial charge on any atom is -0.413 e. The van der Waals surface area contributed by atoms with Gasteiger partial charge in [-0.1, -0.05) is 86.5 Å². The maximum absolute atomic E-state index is 12.5. The maximum Gasteiger partial charge on any atom is 0.192 e. The molecule has 3 nitrogen and oxygen atoms in total. The molecule has 0 bridgehead atoms. The van der Waals surface area contributed by atoms with Crippen LogP contribution in [0.5, 0.6) is 0 Å². The van der Waals surface area contributed by atoms with Crippen LogP contribution >= 0.6 is 0 Å². The van der Waals surface area contributed by atoms with E-state index in [1.807, 2.05) is 0 Å². The summed E-state index contributed by atoms with van der Waals surface area (Å²) in [6, 6.07) is 6.80. The molecule has 0 aromatic carbocycles. The number of ketones is 1. The second-order valence-electron chi connectivity index (χ2n) is 9.36. The molecule has 180 valence electrons. The average molecular weight is 467 g/mol. The second-order valence-corrected chi connectivity index (χ2v) is 18.8. The molecule has 3 atom stereocenters. The Morgan fingerprint density at radius 3 is 1.97 bits per heavy atom. The van der Waals surface area contributed by atoms with Crippen LogP contribution in [0.15, 0.2) is 24.3 Å². The Labute approximate surface area is 195 Å². The van der Waals surface area contributed by atoms with E-state index in [9.17, 15) is 4.79 Å². The Kier molecular flexibility index (Phi) is 12.8. The molecule has 0 aromatic heterocycles. The fourth-order valence-electron chi connectivity index (χ4n) is 4.88. The Morgan fingerprint density at radius 2 is 1.48 bits per heavy atom. The van der Waals surface area contributed by atoms with E-state index in [2.05, 4.69) is 67.2 Å². The predicted molar refractivity (Wildman–Crippen MR) is 140 cm³/mol. The highest BCUT2D eigenvalue weighted by Gasteiger charge is 2.41. The molecule has 1 aliphatic rings. The molecule has 0 saturated heterocycles. The molecule has 0 unspecified atom stereocenters. The Bertz CT molecular complexity index is 563. The van der Waals surface area contributed by atoms with E-state index in [1.165, 1.54) is 19.3 Å². The van der Waals surface area contributed by atoms with Crippen LogP contribution in [-0.2, 0) is 13.6 Å². The van der Waals surface area contributed by atoms with E-state index < -0.39 is 16.6 Å². The predicted octanol–water partition coefficient (Wildman–Crippen LogP) is 8.05. The van der Waals surface area contributed by atoms with Crippen molar-refractivity contribution in [2.45, 2.75) is 129 Å². The number of carbonyl (C=O) groups is 1. The molecule has 31 heavy (non-hydrogen) atoms. The van der Waals surface area contributed by atoms with Gasteiger partial charge in [-0.2, -0.15) is 0 Å². The smallest absolute Gasteiger partial charge is 0.192 e. The lowest BCUT2D eigenvalue weighted by Crippen LogP contribution is -2.41. The zero-order valence-corrected chi connectivity index (χ0v) is 23.6. The standard InChI is InChI=1S/C26H50O3Si2/c1-9-16-17-18-23(28-30(10-2,11-3)12-4)19-20-24-22(8)25(27)21-26(24)29-31(13-5,14-6)15-7/h19-20,23-24,26H,8-18,21H2,1-7H3/b20-19+/t23-,24+,26+/m0/s1. The van der Waals surface area contributed by atoms with Crippen LogP contribution < -0.4 is 0 Å². The lowest BCUT2D eigenvalue weighted by Gasteiger charge is -2.34. The van der Waals surface area contributed by atoms with Gasteiger partial charge in [0.15, 0.2) is 22.4 Å². The van der Waals surface area contributed by atoms with Crippen LogP contribution in [0.2, 0.25) is 36.3 Å². The third kappa shape index (κ3) is 7.80. The van der Waals surface area contributed by atoms with Crippen LogP contribution in [0.1, 0.15) is 80.6 Å². The number of rotatable bonds is 16. The van der Waals surface area contributed by atoms with E-state index in [0.29, 0.717) is 6.42 Å². The first-order chi connectivity index (χ1) is 14.8. The quantitative estimate of drug-likeness (QED) is 0.0998. The summed E-state index contributed by atoms with van der Waals surface area (Å²) in [5, 5.41) is 0. The second kappa shape index (κ2) is 13.9. The van der Waals surface area contributed by atoms with Crippen molar-refractivity contribution in [1.82, 2.24) is 0 Å². The third-order valence-corrected chi connectivity index (χ3v) is 17.2. The zero-order chi connectivity index (χ0) is 23.5. The van der Waals surface area contributed by atoms with Crippen LogP contribution in [0.3, 0.4) is 0 Å². The summed E-state index contributed by atoms with van der Waals surface area (Å²) in [5.41, 5.74) is 0.727. The molecule has 0 aliphatic heterocycles. The zero-order valence-electron chi connectivity index (χ0n) is 21.6. The number of Topliss-reactive ketones (excluding diaryl/α,β-unsaturated/α-hetero) is 1. The van der Waals surface area contributed by atoms with Crippen molar-refractivity contribution in [3.05, 3.63) is 24.3 Å².